The number of aliphatic hydroxyl groups excluding tert-OH is 1. The van der Waals surface area contributed by atoms with Crippen molar-refractivity contribution in [1.29, 1.82) is 5.41 Å². The van der Waals surface area contributed by atoms with E-state index in [9.17, 15) is 4.79 Å². The van der Waals surface area contributed by atoms with Crippen molar-refractivity contribution in [3.63, 3.8) is 0 Å². The van der Waals surface area contributed by atoms with Crippen molar-refractivity contribution >= 4 is 17.3 Å². The van der Waals surface area contributed by atoms with Crippen LogP contribution in [-0.2, 0) is 4.79 Å². The van der Waals surface area contributed by atoms with Crippen molar-refractivity contribution in [3.05, 3.63) is 30.3 Å². The second-order valence-electron chi connectivity index (χ2n) is 2.46. The average molecular weight is 178 g/mol. The molecule has 0 aliphatic rings. The highest BCUT2D eigenvalue weighted by atomic mass is 16.3. The monoisotopic (exact) mass is 178 g/mol. The zero-order valence-electron chi connectivity index (χ0n) is 6.95. The minimum absolute atomic E-state index is 0.344. The van der Waals surface area contributed by atoms with Gasteiger partial charge in [0, 0.05) is 5.69 Å². The molecule has 0 saturated carbocycles. The van der Waals surface area contributed by atoms with Gasteiger partial charge in [0.1, 0.15) is 5.71 Å². The van der Waals surface area contributed by atoms with Gasteiger partial charge in [-0.3, -0.25) is 10.2 Å². The molecule has 1 amide bonds. The number of carbonyl (C=O) groups is 1. The highest BCUT2D eigenvalue weighted by Gasteiger charge is 2.06. The Morgan fingerprint density at radius 1 is 1.38 bits per heavy atom. The van der Waals surface area contributed by atoms with Gasteiger partial charge in [0.25, 0.3) is 5.91 Å². The van der Waals surface area contributed by atoms with Crippen LogP contribution in [-0.4, -0.2) is 23.3 Å². The van der Waals surface area contributed by atoms with Gasteiger partial charge in [0.05, 0.1) is 6.61 Å². The molecule has 0 spiro atoms. The van der Waals surface area contributed by atoms with Crippen LogP contribution < -0.4 is 5.32 Å². The van der Waals surface area contributed by atoms with Crippen molar-refractivity contribution in [1.82, 2.24) is 0 Å². The van der Waals surface area contributed by atoms with Crippen molar-refractivity contribution in [2.24, 2.45) is 0 Å². The second kappa shape index (κ2) is 4.37. The number of aliphatic hydroxyl groups is 1. The zero-order valence-corrected chi connectivity index (χ0v) is 6.95. The maximum absolute atomic E-state index is 11.0. The highest BCUT2D eigenvalue weighted by molar-refractivity contribution is 6.42. The van der Waals surface area contributed by atoms with E-state index in [1.54, 1.807) is 24.3 Å². The Morgan fingerprint density at radius 2 is 2.00 bits per heavy atom. The number of benzene rings is 1. The molecule has 0 bridgehead atoms. The Labute approximate surface area is 75.7 Å². The molecule has 4 heteroatoms. The largest absolute Gasteiger partial charge is 0.390 e. The Bertz CT molecular complexity index is 309. The molecule has 68 valence electrons. The summed E-state index contributed by atoms with van der Waals surface area (Å²) < 4.78 is 0. The van der Waals surface area contributed by atoms with Crippen LogP contribution in [0.5, 0.6) is 0 Å². The minimum atomic E-state index is -0.575. The topological polar surface area (TPSA) is 73.2 Å². The van der Waals surface area contributed by atoms with E-state index in [4.69, 9.17) is 10.5 Å². The number of amides is 1. The number of rotatable bonds is 3. The van der Waals surface area contributed by atoms with E-state index in [2.05, 4.69) is 5.32 Å². The third-order valence-corrected chi connectivity index (χ3v) is 1.46. The van der Waals surface area contributed by atoms with Crippen LogP contribution in [0.1, 0.15) is 0 Å². The first-order valence-electron chi connectivity index (χ1n) is 3.78. The first-order valence-corrected chi connectivity index (χ1v) is 3.78. The molecule has 3 N–H and O–H groups in total. The number of hydrogen-bond acceptors (Lipinski definition) is 3. The van der Waals surface area contributed by atoms with Gasteiger partial charge in [-0.05, 0) is 12.1 Å². The second-order valence-corrected chi connectivity index (χ2v) is 2.46. The van der Waals surface area contributed by atoms with Gasteiger partial charge in [-0.25, -0.2) is 0 Å². The Kier molecular flexibility index (Phi) is 3.16. The summed E-state index contributed by atoms with van der Waals surface area (Å²) in [5.41, 5.74) is 0.273. The van der Waals surface area contributed by atoms with Crippen LogP contribution in [0.15, 0.2) is 30.3 Å². The molecule has 0 unspecified atom stereocenters. The third-order valence-electron chi connectivity index (χ3n) is 1.46. The fraction of sp³-hybridized carbons (Fsp3) is 0.111. The van der Waals surface area contributed by atoms with Crippen LogP contribution in [0.4, 0.5) is 5.69 Å². The van der Waals surface area contributed by atoms with Gasteiger partial charge in [-0.2, -0.15) is 0 Å². The number of anilines is 1. The molecule has 0 heterocycles. The first-order chi connectivity index (χ1) is 6.24. The number of hydrogen-bond donors (Lipinski definition) is 3. The van der Waals surface area contributed by atoms with E-state index in [0.29, 0.717) is 5.69 Å². The van der Waals surface area contributed by atoms with E-state index in [1.807, 2.05) is 6.07 Å². The summed E-state index contributed by atoms with van der Waals surface area (Å²) in [7, 11) is 0. The Hall–Kier alpha value is -1.68. The summed E-state index contributed by atoms with van der Waals surface area (Å²) in [4.78, 5) is 11.0. The Morgan fingerprint density at radius 3 is 2.54 bits per heavy atom. The lowest BCUT2D eigenvalue weighted by Crippen LogP contribution is -2.24. The van der Waals surface area contributed by atoms with Gasteiger partial charge >= 0.3 is 0 Å². The molecule has 0 radical (unpaired) electrons. The third kappa shape index (κ3) is 2.68. The molecule has 4 nitrogen and oxygen atoms in total. The number of nitrogens with one attached hydrogen (secondary N) is 2. The van der Waals surface area contributed by atoms with Crippen LogP contribution in [0.25, 0.3) is 0 Å². The van der Waals surface area contributed by atoms with Crippen molar-refractivity contribution in [3.8, 4) is 0 Å². The van der Waals surface area contributed by atoms with Crippen molar-refractivity contribution < 1.29 is 9.90 Å². The molecular weight excluding hydrogens is 168 g/mol. The van der Waals surface area contributed by atoms with Gasteiger partial charge < -0.3 is 10.4 Å². The summed E-state index contributed by atoms with van der Waals surface area (Å²) in [6.45, 7) is -0.543. The number of para-hydroxylation sites is 1. The molecular formula is C9H10N2O2. The summed E-state index contributed by atoms with van der Waals surface area (Å²) in [5.74, 6) is -0.575. The zero-order chi connectivity index (χ0) is 9.68. The lowest BCUT2D eigenvalue weighted by molar-refractivity contribution is -0.110. The highest BCUT2D eigenvalue weighted by Crippen LogP contribution is 2.04. The van der Waals surface area contributed by atoms with Gasteiger partial charge in [0.15, 0.2) is 0 Å². The molecule has 1 aromatic carbocycles. The molecule has 0 atom stereocenters. The molecule has 0 fully saturated rings. The lowest BCUT2D eigenvalue weighted by atomic mass is 10.3. The molecule has 0 aliphatic heterocycles. The summed E-state index contributed by atoms with van der Waals surface area (Å²) in [5, 5.41) is 18.0. The maximum atomic E-state index is 11.0. The fourth-order valence-electron chi connectivity index (χ4n) is 0.800. The smallest absolute Gasteiger partial charge is 0.271 e. The molecule has 0 aliphatic carbocycles. The molecule has 1 rings (SSSR count). The normalized spacial score (nSPS) is 9.31. The van der Waals surface area contributed by atoms with Crippen molar-refractivity contribution in [2.75, 3.05) is 11.9 Å². The van der Waals surface area contributed by atoms with E-state index < -0.39 is 12.5 Å². The summed E-state index contributed by atoms with van der Waals surface area (Å²) in [6, 6.07) is 8.80. The van der Waals surface area contributed by atoms with Crippen LogP contribution >= 0.6 is 0 Å². The van der Waals surface area contributed by atoms with Crippen LogP contribution in [0.2, 0.25) is 0 Å². The first kappa shape index (κ1) is 9.41. The van der Waals surface area contributed by atoms with Gasteiger partial charge in [-0.15, -0.1) is 0 Å². The van der Waals surface area contributed by atoms with E-state index in [0.717, 1.165) is 0 Å². The number of carbonyl (C=O) groups excluding carboxylic acids is 1. The SMILES string of the molecule is N=C(CO)C(=O)Nc1ccccc1. The molecule has 0 saturated heterocycles. The standard InChI is InChI=1S/C9H10N2O2/c10-8(6-12)9(13)11-7-4-2-1-3-5-7/h1-5,10,12H,6H2,(H,11,13). The predicted molar refractivity (Wildman–Crippen MR) is 49.9 cm³/mol. The average Bonchev–Trinajstić information content (AvgIpc) is 2.18. The van der Waals surface area contributed by atoms with Crippen LogP contribution in [0, 0.1) is 5.41 Å². The van der Waals surface area contributed by atoms with Gasteiger partial charge in [0.2, 0.25) is 0 Å². The molecule has 13 heavy (non-hydrogen) atoms. The van der Waals surface area contributed by atoms with Crippen molar-refractivity contribution in [2.45, 2.75) is 0 Å². The fourth-order valence-corrected chi connectivity index (χ4v) is 0.800. The van der Waals surface area contributed by atoms with E-state index in [-0.39, 0.29) is 5.71 Å². The minimum Gasteiger partial charge on any atom is -0.390 e. The maximum Gasteiger partial charge on any atom is 0.271 e. The molecule has 1 aromatic rings. The predicted octanol–water partition coefficient (Wildman–Crippen LogP) is 0.637. The summed E-state index contributed by atoms with van der Waals surface area (Å²) in [6.07, 6.45) is 0. The lowest BCUT2D eigenvalue weighted by Gasteiger charge is -2.03. The summed E-state index contributed by atoms with van der Waals surface area (Å²) >= 11 is 0. The van der Waals surface area contributed by atoms with E-state index >= 15 is 0 Å². The van der Waals surface area contributed by atoms with Crippen LogP contribution in [0.3, 0.4) is 0 Å². The molecule has 0 aromatic heterocycles. The van der Waals surface area contributed by atoms with E-state index in [1.165, 1.54) is 0 Å². The quantitative estimate of drug-likeness (QED) is 0.594. The Balaban J connectivity index is 2.60. The van der Waals surface area contributed by atoms with Gasteiger partial charge in [-0.1, -0.05) is 18.2 Å².